The van der Waals surface area contributed by atoms with Crippen molar-refractivity contribution in [2.24, 2.45) is 5.92 Å². The average Bonchev–Trinajstić information content (AvgIpc) is 2.84. The lowest BCUT2D eigenvalue weighted by Crippen LogP contribution is -2.31. The predicted molar refractivity (Wildman–Crippen MR) is 66.7 cm³/mol. The Labute approximate surface area is 115 Å². The van der Waals surface area contributed by atoms with E-state index < -0.39 is 17.9 Å². The number of halogens is 1. The van der Waals surface area contributed by atoms with E-state index in [1.807, 2.05) is 0 Å². The molecule has 5 nitrogen and oxygen atoms in total. The van der Waals surface area contributed by atoms with Gasteiger partial charge in [-0.15, -0.1) is 0 Å². The minimum atomic E-state index is -1.03. The van der Waals surface area contributed by atoms with E-state index in [4.69, 9.17) is 4.74 Å². The number of rotatable bonds is 4. The fraction of sp³-hybridized carbons (Fsp3) is 0.429. The zero-order valence-corrected chi connectivity index (χ0v) is 11.2. The first-order chi connectivity index (χ1) is 9.55. The van der Waals surface area contributed by atoms with Crippen LogP contribution in [0.3, 0.4) is 0 Å². The molecule has 2 rings (SSSR count). The van der Waals surface area contributed by atoms with Crippen molar-refractivity contribution in [3.8, 4) is 5.75 Å². The quantitative estimate of drug-likeness (QED) is 0.618. The number of carbonyl (C=O) groups excluding carboxylic acids is 2. The van der Waals surface area contributed by atoms with E-state index in [2.05, 4.69) is 9.47 Å². The van der Waals surface area contributed by atoms with Gasteiger partial charge in [-0.05, 0) is 18.2 Å². The van der Waals surface area contributed by atoms with Crippen molar-refractivity contribution in [1.82, 2.24) is 0 Å². The van der Waals surface area contributed by atoms with Crippen molar-refractivity contribution in [1.29, 1.82) is 0 Å². The Morgan fingerprint density at radius 3 is 2.60 bits per heavy atom. The second-order valence-electron chi connectivity index (χ2n) is 4.53. The van der Waals surface area contributed by atoms with Crippen LogP contribution in [-0.2, 0) is 25.5 Å². The summed E-state index contributed by atoms with van der Waals surface area (Å²) >= 11 is 0. The van der Waals surface area contributed by atoms with Gasteiger partial charge in [0, 0.05) is 18.4 Å². The molecule has 1 aliphatic heterocycles. The van der Waals surface area contributed by atoms with E-state index >= 15 is 0 Å². The molecule has 0 spiro atoms. The predicted octanol–water partition coefficient (Wildman–Crippen LogP) is 1.48. The fourth-order valence-corrected chi connectivity index (χ4v) is 2.26. The van der Waals surface area contributed by atoms with Crippen LogP contribution in [0.2, 0.25) is 0 Å². The molecule has 1 heterocycles. The van der Waals surface area contributed by atoms with E-state index in [1.54, 1.807) is 0 Å². The molecule has 0 fully saturated rings. The molecule has 1 unspecified atom stereocenters. The summed E-state index contributed by atoms with van der Waals surface area (Å²) in [6, 6.07) is 4.23. The number of methoxy groups -OCH3 is 2. The topological polar surface area (TPSA) is 61.8 Å². The smallest absolute Gasteiger partial charge is 0.320 e. The molecule has 108 valence electrons. The van der Waals surface area contributed by atoms with Crippen LogP contribution in [-0.4, -0.2) is 32.3 Å². The SMILES string of the molecule is COC(=O)C(CC1Cc2cc(F)ccc2O1)C(=O)OC. The lowest BCUT2D eigenvalue weighted by molar-refractivity contribution is -0.160. The van der Waals surface area contributed by atoms with Gasteiger partial charge in [0.2, 0.25) is 0 Å². The van der Waals surface area contributed by atoms with Gasteiger partial charge in [-0.25, -0.2) is 4.39 Å². The maximum atomic E-state index is 13.1. The Morgan fingerprint density at radius 1 is 1.35 bits per heavy atom. The molecule has 0 N–H and O–H groups in total. The molecule has 6 heteroatoms. The Hall–Kier alpha value is -2.11. The van der Waals surface area contributed by atoms with E-state index in [1.165, 1.54) is 32.4 Å². The summed E-state index contributed by atoms with van der Waals surface area (Å²) in [4.78, 5) is 23.2. The molecular weight excluding hydrogens is 267 g/mol. The van der Waals surface area contributed by atoms with Crippen LogP contribution in [0.5, 0.6) is 5.75 Å². The maximum absolute atomic E-state index is 13.1. The van der Waals surface area contributed by atoms with Crippen LogP contribution in [0.1, 0.15) is 12.0 Å². The van der Waals surface area contributed by atoms with Gasteiger partial charge in [-0.2, -0.15) is 0 Å². The number of ether oxygens (including phenoxy) is 3. The Morgan fingerprint density at radius 2 is 2.00 bits per heavy atom. The van der Waals surface area contributed by atoms with Crippen LogP contribution in [0.25, 0.3) is 0 Å². The van der Waals surface area contributed by atoms with Crippen LogP contribution < -0.4 is 4.74 Å². The molecular formula is C14H15FO5. The van der Waals surface area contributed by atoms with E-state index in [0.29, 0.717) is 12.2 Å². The third kappa shape index (κ3) is 2.89. The Kier molecular flexibility index (Phi) is 4.22. The maximum Gasteiger partial charge on any atom is 0.320 e. The van der Waals surface area contributed by atoms with Gasteiger partial charge < -0.3 is 14.2 Å². The first-order valence-corrected chi connectivity index (χ1v) is 6.16. The van der Waals surface area contributed by atoms with E-state index in [9.17, 15) is 14.0 Å². The molecule has 1 aromatic carbocycles. The molecule has 1 atom stereocenters. The van der Waals surface area contributed by atoms with Crippen molar-refractivity contribution >= 4 is 11.9 Å². The highest BCUT2D eigenvalue weighted by molar-refractivity contribution is 5.94. The molecule has 1 aliphatic rings. The standard InChI is InChI=1S/C14H15FO5/c1-18-13(16)11(14(17)19-2)7-10-6-8-5-9(15)3-4-12(8)20-10/h3-5,10-11H,6-7H2,1-2H3. The van der Waals surface area contributed by atoms with Crippen LogP contribution >= 0.6 is 0 Å². The monoisotopic (exact) mass is 282 g/mol. The molecule has 1 aromatic rings. The van der Waals surface area contributed by atoms with Crippen LogP contribution in [0.4, 0.5) is 4.39 Å². The van der Waals surface area contributed by atoms with E-state index in [0.717, 1.165) is 5.56 Å². The number of carbonyl (C=O) groups is 2. The molecule has 20 heavy (non-hydrogen) atoms. The summed E-state index contributed by atoms with van der Waals surface area (Å²) < 4.78 is 27.9. The van der Waals surface area contributed by atoms with Crippen molar-refractivity contribution in [3.63, 3.8) is 0 Å². The molecule has 0 bridgehead atoms. The summed E-state index contributed by atoms with van der Waals surface area (Å²) in [5.41, 5.74) is 0.725. The number of hydrogen-bond donors (Lipinski definition) is 0. The number of benzene rings is 1. The van der Waals surface area contributed by atoms with Crippen LogP contribution in [0, 0.1) is 11.7 Å². The van der Waals surface area contributed by atoms with Gasteiger partial charge in [0.1, 0.15) is 17.7 Å². The molecule has 0 aliphatic carbocycles. The summed E-state index contributed by atoms with van der Waals surface area (Å²) in [6.07, 6.45) is 0.197. The molecule has 0 aromatic heterocycles. The van der Waals surface area contributed by atoms with Gasteiger partial charge in [0.15, 0.2) is 5.92 Å². The fourth-order valence-electron chi connectivity index (χ4n) is 2.26. The van der Waals surface area contributed by atoms with E-state index in [-0.39, 0.29) is 18.3 Å². The minimum Gasteiger partial charge on any atom is -0.490 e. The van der Waals surface area contributed by atoms with Gasteiger partial charge >= 0.3 is 11.9 Å². The van der Waals surface area contributed by atoms with Gasteiger partial charge in [0.25, 0.3) is 0 Å². The highest BCUT2D eigenvalue weighted by Crippen LogP contribution is 2.32. The Balaban J connectivity index is 2.07. The minimum absolute atomic E-state index is 0.135. The van der Waals surface area contributed by atoms with Gasteiger partial charge in [0.05, 0.1) is 14.2 Å². The zero-order chi connectivity index (χ0) is 14.7. The summed E-state index contributed by atoms with van der Waals surface area (Å²) in [5.74, 6) is -2.13. The third-order valence-electron chi connectivity index (χ3n) is 3.23. The Bertz CT molecular complexity index is 512. The summed E-state index contributed by atoms with van der Waals surface area (Å²) in [6.45, 7) is 0. The van der Waals surface area contributed by atoms with Crippen molar-refractivity contribution in [2.45, 2.75) is 18.9 Å². The zero-order valence-electron chi connectivity index (χ0n) is 11.2. The summed E-state index contributed by atoms with van der Waals surface area (Å²) in [7, 11) is 2.41. The lowest BCUT2D eigenvalue weighted by atomic mass is 9.98. The molecule has 0 saturated heterocycles. The van der Waals surface area contributed by atoms with Crippen molar-refractivity contribution in [3.05, 3.63) is 29.6 Å². The number of fused-ring (bicyclic) bond motifs is 1. The molecule has 0 saturated carbocycles. The highest BCUT2D eigenvalue weighted by Gasteiger charge is 2.35. The largest absolute Gasteiger partial charge is 0.490 e. The second kappa shape index (κ2) is 5.90. The highest BCUT2D eigenvalue weighted by atomic mass is 19.1. The number of esters is 2. The normalized spacial score (nSPS) is 16.5. The van der Waals surface area contributed by atoms with Crippen molar-refractivity contribution < 1.29 is 28.2 Å². The summed E-state index contributed by atoms with van der Waals surface area (Å²) in [5, 5.41) is 0. The first kappa shape index (κ1) is 14.3. The third-order valence-corrected chi connectivity index (χ3v) is 3.23. The molecule has 0 amide bonds. The average molecular weight is 282 g/mol. The van der Waals surface area contributed by atoms with Gasteiger partial charge in [-0.3, -0.25) is 9.59 Å². The van der Waals surface area contributed by atoms with Crippen molar-refractivity contribution in [2.75, 3.05) is 14.2 Å². The number of hydrogen-bond acceptors (Lipinski definition) is 5. The lowest BCUT2D eigenvalue weighted by Gasteiger charge is -2.16. The first-order valence-electron chi connectivity index (χ1n) is 6.16. The van der Waals surface area contributed by atoms with Crippen LogP contribution in [0.15, 0.2) is 18.2 Å². The molecule has 0 radical (unpaired) electrons. The van der Waals surface area contributed by atoms with Gasteiger partial charge in [-0.1, -0.05) is 0 Å². The second-order valence-corrected chi connectivity index (χ2v) is 4.53.